The zero-order valence-corrected chi connectivity index (χ0v) is 24.9. The van der Waals surface area contributed by atoms with Gasteiger partial charge < -0.3 is 25.4 Å². The van der Waals surface area contributed by atoms with Gasteiger partial charge in [0.2, 0.25) is 11.8 Å². The van der Waals surface area contributed by atoms with Crippen molar-refractivity contribution in [1.29, 1.82) is 0 Å². The van der Waals surface area contributed by atoms with E-state index in [9.17, 15) is 19.2 Å². The third-order valence-electron chi connectivity index (χ3n) is 9.33. The lowest BCUT2D eigenvalue weighted by atomic mass is 9.55. The Morgan fingerprint density at radius 3 is 2.28 bits per heavy atom. The van der Waals surface area contributed by atoms with Crippen LogP contribution in [0.5, 0.6) is 0 Å². The standard InChI is InChI=1S/C33H42N4O6/c1-33(18-21-7-6-12-34-19-21,37-32(41)43-30-25-14-22-13-23(16-25)17-26(30)15-22)31(40)35-20-27(24-8-4-3-5-9-24)36-28(38)10-11-29(39)42-2/h3-9,12,19,22-23,25-27,30H,10-11,13-18,20H2,1-2H3,(H,35,40)(H,36,38)(H,37,41)/t22?,23?,25?,26?,27-,30?,33?/m0/s1. The van der Waals surface area contributed by atoms with E-state index in [2.05, 4.69) is 25.7 Å². The van der Waals surface area contributed by atoms with Gasteiger partial charge in [0.1, 0.15) is 11.6 Å². The van der Waals surface area contributed by atoms with Crippen LogP contribution in [0.25, 0.3) is 0 Å². The molecule has 10 heteroatoms. The Morgan fingerprint density at radius 2 is 1.65 bits per heavy atom. The number of alkyl carbamates (subject to hydrolysis) is 1. The third kappa shape index (κ3) is 7.72. The Morgan fingerprint density at radius 1 is 0.953 bits per heavy atom. The van der Waals surface area contributed by atoms with E-state index in [1.165, 1.54) is 13.5 Å². The molecule has 4 fully saturated rings. The number of pyridine rings is 1. The largest absolute Gasteiger partial charge is 0.469 e. The molecule has 1 aromatic carbocycles. The van der Waals surface area contributed by atoms with Crippen LogP contribution in [0.3, 0.4) is 0 Å². The van der Waals surface area contributed by atoms with Gasteiger partial charge in [-0.2, -0.15) is 0 Å². The summed E-state index contributed by atoms with van der Waals surface area (Å²) in [5.74, 6) is 1.07. The second-order valence-electron chi connectivity index (χ2n) is 12.6. The first-order chi connectivity index (χ1) is 20.7. The number of ether oxygens (including phenoxy) is 2. The number of amides is 3. The number of hydrogen-bond acceptors (Lipinski definition) is 7. The molecule has 6 rings (SSSR count). The fourth-order valence-electron chi connectivity index (χ4n) is 7.45. The summed E-state index contributed by atoms with van der Waals surface area (Å²) in [4.78, 5) is 55.6. The van der Waals surface area contributed by atoms with Crippen molar-refractivity contribution in [2.75, 3.05) is 13.7 Å². The van der Waals surface area contributed by atoms with E-state index in [4.69, 9.17) is 4.74 Å². The fourth-order valence-corrected chi connectivity index (χ4v) is 7.45. The lowest BCUT2D eigenvalue weighted by Gasteiger charge is -2.53. The van der Waals surface area contributed by atoms with E-state index >= 15 is 0 Å². The normalized spacial score (nSPS) is 25.6. The van der Waals surface area contributed by atoms with Gasteiger partial charge in [0.15, 0.2) is 0 Å². The molecule has 0 aliphatic heterocycles. The Balaban J connectivity index is 1.26. The van der Waals surface area contributed by atoms with Gasteiger partial charge in [0, 0.05) is 31.8 Å². The molecule has 2 aromatic rings. The number of nitrogens with zero attached hydrogens (tertiary/aromatic N) is 1. The number of hydrogen-bond donors (Lipinski definition) is 3. The molecule has 1 heterocycles. The van der Waals surface area contributed by atoms with Gasteiger partial charge in [-0.25, -0.2) is 4.79 Å². The molecule has 43 heavy (non-hydrogen) atoms. The second-order valence-corrected chi connectivity index (χ2v) is 12.6. The van der Waals surface area contributed by atoms with E-state index in [1.54, 1.807) is 25.4 Å². The molecule has 4 bridgehead atoms. The summed E-state index contributed by atoms with van der Waals surface area (Å²) in [5.41, 5.74) is 0.227. The molecule has 1 unspecified atom stereocenters. The van der Waals surface area contributed by atoms with Crippen molar-refractivity contribution in [2.45, 2.75) is 76.0 Å². The molecule has 230 valence electrons. The molecule has 2 atom stereocenters. The van der Waals surface area contributed by atoms with E-state index in [-0.39, 0.29) is 37.8 Å². The lowest BCUT2D eigenvalue weighted by molar-refractivity contribution is -0.142. The summed E-state index contributed by atoms with van der Waals surface area (Å²) in [6.45, 7) is 1.75. The van der Waals surface area contributed by atoms with Gasteiger partial charge in [0.05, 0.1) is 19.6 Å². The van der Waals surface area contributed by atoms with Crippen LogP contribution in [0.1, 0.15) is 69.0 Å². The predicted octanol–water partition coefficient (Wildman–Crippen LogP) is 3.86. The monoisotopic (exact) mass is 590 g/mol. The highest BCUT2D eigenvalue weighted by Gasteiger charge is 2.50. The minimum atomic E-state index is -1.35. The summed E-state index contributed by atoms with van der Waals surface area (Å²) in [6, 6.07) is 12.4. The van der Waals surface area contributed by atoms with Gasteiger partial charge in [-0.05, 0) is 79.9 Å². The van der Waals surface area contributed by atoms with Gasteiger partial charge in [-0.1, -0.05) is 36.4 Å². The quantitative estimate of drug-likeness (QED) is 0.320. The van der Waals surface area contributed by atoms with Crippen LogP contribution in [0.2, 0.25) is 0 Å². The zero-order valence-electron chi connectivity index (χ0n) is 24.9. The Labute approximate surface area is 252 Å². The number of carbonyl (C=O) groups excluding carboxylic acids is 4. The molecule has 3 amide bonds. The van der Waals surface area contributed by atoms with Crippen LogP contribution in [0.15, 0.2) is 54.9 Å². The van der Waals surface area contributed by atoms with Crippen LogP contribution in [-0.2, 0) is 30.3 Å². The first kappa shape index (κ1) is 30.5. The molecule has 1 aromatic heterocycles. The van der Waals surface area contributed by atoms with Crippen molar-refractivity contribution in [3.8, 4) is 0 Å². The van der Waals surface area contributed by atoms with Crippen molar-refractivity contribution < 1.29 is 28.7 Å². The molecule has 3 N–H and O–H groups in total. The third-order valence-corrected chi connectivity index (χ3v) is 9.33. The van der Waals surface area contributed by atoms with E-state index in [1.807, 2.05) is 36.4 Å². The van der Waals surface area contributed by atoms with Gasteiger partial charge in [-0.15, -0.1) is 0 Å². The summed E-state index contributed by atoms with van der Waals surface area (Å²) in [5, 5.41) is 8.76. The first-order valence-electron chi connectivity index (χ1n) is 15.3. The van der Waals surface area contributed by atoms with Crippen LogP contribution >= 0.6 is 0 Å². The SMILES string of the molecule is COC(=O)CCC(=O)N[C@@H](CNC(=O)C(C)(Cc1cccnc1)NC(=O)OC1C2CC3CC(C2)CC1C3)c1ccccc1. The van der Waals surface area contributed by atoms with Crippen LogP contribution < -0.4 is 16.0 Å². The number of methoxy groups -OCH3 is 1. The number of nitrogens with one attached hydrogen (secondary N) is 3. The maximum Gasteiger partial charge on any atom is 0.408 e. The van der Waals surface area contributed by atoms with Gasteiger partial charge in [-0.3, -0.25) is 19.4 Å². The highest BCUT2D eigenvalue weighted by atomic mass is 16.6. The fraction of sp³-hybridized carbons (Fsp3) is 0.545. The highest BCUT2D eigenvalue weighted by Crippen LogP contribution is 2.54. The summed E-state index contributed by atoms with van der Waals surface area (Å²) >= 11 is 0. The average molecular weight is 591 g/mol. The second kappa shape index (κ2) is 13.6. The molecule has 0 saturated heterocycles. The van der Waals surface area contributed by atoms with Crippen molar-refractivity contribution >= 4 is 23.9 Å². The van der Waals surface area contributed by atoms with Gasteiger partial charge >= 0.3 is 12.1 Å². The topological polar surface area (TPSA) is 136 Å². The average Bonchev–Trinajstić information content (AvgIpc) is 3.00. The smallest absolute Gasteiger partial charge is 0.408 e. The number of carbonyl (C=O) groups is 4. The molecule has 10 nitrogen and oxygen atoms in total. The Kier molecular flexibility index (Phi) is 9.62. The maximum atomic E-state index is 13.8. The molecular formula is C33H42N4O6. The molecule has 4 saturated carbocycles. The zero-order chi connectivity index (χ0) is 30.4. The minimum absolute atomic E-state index is 0.0410. The predicted molar refractivity (Wildman–Crippen MR) is 158 cm³/mol. The number of benzene rings is 1. The van der Waals surface area contributed by atoms with Crippen LogP contribution in [-0.4, -0.2) is 54.2 Å². The van der Waals surface area contributed by atoms with Gasteiger partial charge in [0.25, 0.3) is 0 Å². The number of aromatic nitrogens is 1. The van der Waals surface area contributed by atoms with Crippen molar-refractivity contribution in [1.82, 2.24) is 20.9 Å². The van der Waals surface area contributed by atoms with E-state index < -0.39 is 29.6 Å². The highest BCUT2D eigenvalue weighted by molar-refractivity contribution is 5.90. The Bertz CT molecular complexity index is 1260. The van der Waals surface area contributed by atoms with Crippen molar-refractivity contribution in [3.05, 3.63) is 66.0 Å². The Hall–Kier alpha value is -3.95. The first-order valence-corrected chi connectivity index (χ1v) is 15.3. The molecule has 4 aliphatic rings. The number of esters is 1. The van der Waals surface area contributed by atoms with E-state index in [0.29, 0.717) is 11.8 Å². The van der Waals surface area contributed by atoms with Crippen LogP contribution in [0.4, 0.5) is 4.79 Å². The maximum absolute atomic E-state index is 13.8. The number of rotatable bonds is 12. The van der Waals surface area contributed by atoms with Crippen molar-refractivity contribution in [2.24, 2.45) is 23.7 Å². The lowest BCUT2D eigenvalue weighted by Crippen LogP contribution is -2.60. The molecule has 0 radical (unpaired) electrons. The summed E-state index contributed by atoms with van der Waals surface area (Å²) in [7, 11) is 1.28. The molecule has 4 aliphatic carbocycles. The molecular weight excluding hydrogens is 548 g/mol. The van der Waals surface area contributed by atoms with Crippen molar-refractivity contribution in [3.63, 3.8) is 0 Å². The van der Waals surface area contributed by atoms with Crippen LogP contribution in [0, 0.1) is 23.7 Å². The molecule has 0 spiro atoms. The summed E-state index contributed by atoms with van der Waals surface area (Å²) < 4.78 is 10.7. The van der Waals surface area contributed by atoms with E-state index in [0.717, 1.165) is 48.6 Å². The summed E-state index contributed by atoms with van der Waals surface area (Å²) in [6.07, 6.45) is 8.51. The minimum Gasteiger partial charge on any atom is -0.469 e.